The lowest BCUT2D eigenvalue weighted by molar-refractivity contribution is -0.154. The molecule has 3 heterocycles. The zero-order chi connectivity index (χ0) is 14.3. The molecule has 102 valence electrons. The van der Waals surface area contributed by atoms with E-state index in [2.05, 4.69) is 0 Å². The molecule has 2 aliphatic rings. The van der Waals surface area contributed by atoms with E-state index in [9.17, 15) is 14.9 Å². The van der Waals surface area contributed by atoms with Crippen molar-refractivity contribution < 1.29 is 23.5 Å². The van der Waals surface area contributed by atoms with Crippen LogP contribution in [0.15, 0.2) is 34.5 Å². The molecule has 2 aliphatic heterocycles. The molecule has 0 spiro atoms. The number of hydrogen-bond donors (Lipinski definition) is 0. The maximum absolute atomic E-state index is 12.2. The van der Waals surface area contributed by atoms with Gasteiger partial charge in [0.05, 0.1) is 12.4 Å². The minimum Gasteiger partial charge on any atom is -0.461 e. The molecule has 1 aromatic heterocycles. The third-order valence-electron chi connectivity index (χ3n) is 3.46. The van der Waals surface area contributed by atoms with E-state index in [0.29, 0.717) is 5.57 Å². The monoisotopic (exact) mass is 273 g/mol. The highest BCUT2D eigenvalue weighted by molar-refractivity contribution is 6.08. The topological polar surface area (TPSA) is 89.5 Å². The number of ketones is 1. The molecule has 6 nitrogen and oxygen atoms in total. The fourth-order valence-electron chi connectivity index (χ4n) is 2.61. The highest BCUT2D eigenvalue weighted by Crippen LogP contribution is 2.44. The maximum atomic E-state index is 12.2. The van der Waals surface area contributed by atoms with E-state index in [1.807, 2.05) is 6.07 Å². The molecule has 0 N–H and O–H groups in total. The number of carbonyl (C=O) groups excluding carboxylic acids is 2. The van der Waals surface area contributed by atoms with Crippen LogP contribution in [0.2, 0.25) is 0 Å². The minimum atomic E-state index is -1.33. The quantitative estimate of drug-likeness (QED) is 0.610. The molecule has 1 saturated heterocycles. The maximum Gasteiger partial charge on any atom is 0.304 e. The molecule has 0 unspecified atom stereocenters. The van der Waals surface area contributed by atoms with E-state index in [1.165, 1.54) is 13.2 Å². The SMILES string of the molecule is CC(=O)O[C@@]1(C#N)C[C@@H]2O[C@H]1C=C2C(=O)c1ccco1. The third kappa shape index (κ3) is 1.75. The van der Waals surface area contributed by atoms with Gasteiger partial charge in [-0.2, -0.15) is 5.26 Å². The fraction of sp³-hybridized carbons (Fsp3) is 0.357. The smallest absolute Gasteiger partial charge is 0.304 e. The van der Waals surface area contributed by atoms with Crippen molar-refractivity contribution in [3.05, 3.63) is 35.8 Å². The Morgan fingerprint density at radius 1 is 1.55 bits per heavy atom. The van der Waals surface area contributed by atoms with Gasteiger partial charge in [-0.15, -0.1) is 0 Å². The number of nitriles is 1. The Morgan fingerprint density at radius 2 is 2.35 bits per heavy atom. The predicted molar refractivity (Wildman–Crippen MR) is 64.5 cm³/mol. The molecule has 0 aromatic carbocycles. The summed E-state index contributed by atoms with van der Waals surface area (Å²) < 4.78 is 15.7. The summed E-state index contributed by atoms with van der Waals surface area (Å²) in [4.78, 5) is 23.3. The molecule has 0 radical (unpaired) electrons. The second-order valence-corrected chi connectivity index (χ2v) is 4.77. The minimum absolute atomic E-state index is 0.159. The van der Waals surface area contributed by atoms with E-state index in [1.54, 1.807) is 18.2 Å². The number of furan rings is 1. The zero-order valence-electron chi connectivity index (χ0n) is 10.7. The van der Waals surface area contributed by atoms with Crippen molar-refractivity contribution in [1.82, 2.24) is 0 Å². The van der Waals surface area contributed by atoms with Crippen molar-refractivity contribution in [3.63, 3.8) is 0 Å². The standard InChI is InChI=1S/C14H11NO5/c1-8(16)20-14(7-15)6-11-9(5-12(14)19-11)13(17)10-3-2-4-18-10/h2-5,11-12H,6H2,1H3/t11-,12-,14+/m0/s1. The number of Topliss-reactive ketones (excluding diaryl/α,β-unsaturated/α-hetero) is 1. The molecular weight excluding hydrogens is 262 g/mol. The van der Waals surface area contributed by atoms with Crippen molar-refractivity contribution in [2.24, 2.45) is 0 Å². The summed E-state index contributed by atoms with van der Waals surface area (Å²) in [5.41, 5.74) is -0.883. The third-order valence-corrected chi connectivity index (χ3v) is 3.46. The van der Waals surface area contributed by atoms with Crippen molar-refractivity contribution >= 4 is 11.8 Å². The molecule has 6 heteroatoms. The molecular formula is C14H11NO5. The lowest BCUT2D eigenvalue weighted by Crippen LogP contribution is -2.41. The van der Waals surface area contributed by atoms with E-state index in [-0.39, 0.29) is 18.0 Å². The summed E-state index contributed by atoms with van der Waals surface area (Å²) in [6.07, 6.45) is 1.87. The van der Waals surface area contributed by atoms with Gasteiger partial charge in [-0.05, 0) is 18.2 Å². The Hall–Kier alpha value is -2.39. The Bertz CT molecular complexity index is 639. The molecule has 20 heavy (non-hydrogen) atoms. The van der Waals surface area contributed by atoms with Gasteiger partial charge in [-0.1, -0.05) is 0 Å². The van der Waals surface area contributed by atoms with Gasteiger partial charge in [-0.3, -0.25) is 9.59 Å². The van der Waals surface area contributed by atoms with E-state index < -0.39 is 23.8 Å². The molecule has 3 atom stereocenters. The van der Waals surface area contributed by atoms with Gasteiger partial charge in [0.15, 0.2) is 5.76 Å². The van der Waals surface area contributed by atoms with Gasteiger partial charge >= 0.3 is 5.97 Å². The van der Waals surface area contributed by atoms with Gasteiger partial charge in [0, 0.05) is 18.9 Å². The number of fused-ring (bicyclic) bond motifs is 2. The lowest BCUT2D eigenvalue weighted by Gasteiger charge is -2.25. The molecule has 1 aromatic rings. The largest absolute Gasteiger partial charge is 0.461 e. The Morgan fingerprint density at radius 3 is 2.85 bits per heavy atom. The molecule has 0 saturated carbocycles. The number of hydrogen-bond acceptors (Lipinski definition) is 6. The second kappa shape index (κ2) is 4.32. The van der Waals surface area contributed by atoms with Crippen LogP contribution in [0.25, 0.3) is 0 Å². The van der Waals surface area contributed by atoms with Gasteiger partial charge < -0.3 is 13.9 Å². The summed E-state index contributed by atoms with van der Waals surface area (Å²) in [5.74, 6) is -0.589. The van der Waals surface area contributed by atoms with Crippen LogP contribution >= 0.6 is 0 Å². The molecule has 1 fully saturated rings. The normalized spacial score (nSPS) is 30.7. The van der Waals surface area contributed by atoms with Crippen LogP contribution < -0.4 is 0 Å². The van der Waals surface area contributed by atoms with Crippen molar-refractivity contribution in [3.8, 4) is 6.07 Å². The second-order valence-electron chi connectivity index (χ2n) is 4.77. The Kier molecular flexibility index (Phi) is 2.73. The van der Waals surface area contributed by atoms with Crippen molar-refractivity contribution in [2.45, 2.75) is 31.2 Å². The molecule has 0 amide bonds. The van der Waals surface area contributed by atoms with Crippen LogP contribution in [0, 0.1) is 11.3 Å². The number of esters is 1. The van der Waals surface area contributed by atoms with E-state index >= 15 is 0 Å². The van der Waals surface area contributed by atoms with Gasteiger partial charge in [0.25, 0.3) is 0 Å². The lowest BCUT2D eigenvalue weighted by atomic mass is 9.84. The average Bonchev–Trinajstić information content (AvgIpc) is 3.12. The number of carbonyl (C=O) groups is 2. The van der Waals surface area contributed by atoms with Crippen LogP contribution in [0.1, 0.15) is 23.9 Å². The van der Waals surface area contributed by atoms with Gasteiger partial charge in [0.2, 0.25) is 11.4 Å². The number of rotatable bonds is 3. The summed E-state index contributed by atoms with van der Waals surface area (Å²) in [6.45, 7) is 1.24. The summed E-state index contributed by atoms with van der Waals surface area (Å²) in [6, 6.07) is 5.18. The first-order valence-electron chi connectivity index (χ1n) is 6.12. The van der Waals surface area contributed by atoms with Gasteiger partial charge in [-0.25, -0.2) is 0 Å². The predicted octanol–water partition coefficient (Wildman–Crippen LogP) is 1.39. The number of ether oxygens (including phenoxy) is 2. The summed E-state index contributed by atoms with van der Waals surface area (Å²) in [5, 5.41) is 9.26. The summed E-state index contributed by atoms with van der Waals surface area (Å²) >= 11 is 0. The highest BCUT2D eigenvalue weighted by atomic mass is 16.6. The fourth-order valence-corrected chi connectivity index (χ4v) is 2.61. The van der Waals surface area contributed by atoms with Crippen LogP contribution in [0.3, 0.4) is 0 Å². The van der Waals surface area contributed by atoms with Crippen LogP contribution in [0.5, 0.6) is 0 Å². The van der Waals surface area contributed by atoms with Crippen LogP contribution in [-0.2, 0) is 14.3 Å². The first kappa shape index (κ1) is 12.6. The molecule has 2 bridgehead atoms. The van der Waals surface area contributed by atoms with Crippen molar-refractivity contribution in [2.75, 3.05) is 0 Å². The Labute approximate surface area is 114 Å². The first-order chi connectivity index (χ1) is 9.55. The van der Waals surface area contributed by atoms with Crippen molar-refractivity contribution in [1.29, 1.82) is 5.26 Å². The first-order valence-corrected chi connectivity index (χ1v) is 6.12. The molecule has 0 aliphatic carbocycles. The van der Waals surface area contributed by atoms with Gasteiger partial charge in [0.1, 0.15) is 12.2 Å². The zero-order valence-corrected chi connectivity index (χ0v) is 10.7. The van der Waals surface area contributed by atoms with Crippen LogP contribution in [-0.4, -0.2) is 29.6 Å². The van der Waals surface area contributed by atoms with E-state index in [0.717, 1.165) is 0 Å². The average molecular weight is 273 g/mol. The molecule has 3 rings (SSSR count). The van der Waals surface area contributed by atoms with E-state index in [4.69, 9.17) is 13.9 Å². The number of nitrogens with zero attached hydrogens (tertiary/aromatic N) is 1. The Balaban J connectivity index is 1.87. The van der Waals surface area contributed by atoms with Crippen LogP contribution in [0.4, 0.5) is 0 Å². The summed E-state index contributed by atoms with van der Waals surface area (Å²) in [7, 11) is 0. The highest BCUT2D eigenvalue weighted by Gasteiger charge is 2.57.